The molecule has 9 heteroatoms. The number of fused-ring (bicyclic) bond motifs is 1. The van der Waals surface area contributed by atoms with Crippen molar-refractivity contribution >= 4 is 22.7 Å². The Kier molecular flexibility index (Phi) is 3.60. The molecule has 0 bridgehead atoms. The normalized spacial score (nSPS) is 14.2. The Morgan fingerprint density at radius 2 is 2.08 bits per heavy atom. The molecule has 0 spiro atoms. The molecule has 0 radical (unpaired) electrons. The minimum atomic E-state index is -1.44. The van der Waals surface area contributed by atoms with E-state index in [4.69, 9.17) is 5.11 Å². The first kappa shape index (κ1) is 15.2. The zero-order chi connectivity index (χ0) is 17.4. The lowest BCUT2D eigenvalue weighted by Crippen LogP contribution is -2.19. The van der Waals surface area contributed by atoms with Gasteiger partial charge in [0, 0.05) is 18.8 Å². The van der Waals surface area contributed by atoms with Gasteiger partial charge in [-0.3, -0.25) is 9.78 Å². The quantitative estimate of drug-likeness (QED) is 0.698. The molecule has 3 aromatic rings. The molecule has 0 unspecified atom stereocenters. The van der Waals surface area contributed by atoms with Crippen LogP contribution < -0.4 is 15.2 Å². The van der Waals surface area contributed by atoms with E-state index in [9.17, 15) is 9.59 Å². The minimum Gasteiger partial charge on any atom is -0.449 e. The smallest absolute Gasteiger partial charge is 0.449 e. The number of carbonyl (C=O) groups is 1. The highest BCUT2D eigenvalue weighted by atomic mass is 16.7. The summed E-state index contributed by atoms with van der Waals surface area (Å²) in [6.45, 7) is 1.99. The molecule has 4 rings (SSSR count). The molecule has 2 aromatic heterocycles. The summed E-state index contributed by atoms with van der Waals surface area (Å²) in [5.41, 5.74) is 1.27. The predicted molar refractivity (Wildman–Crippen MR) is 89.6 cm³/mol. The van der Waals surface area contributed by atoms with Gasteiger partial charge >= 0.3 is 6.16 Å². The number of nitrogens with one attached hydrogen (secondary N) is 1. The summed E-state index contributed by atoms with van der Waals surface area (Å²) in [4.78, 5) is 32.3. The largest absolute Gasteiger partial charge is 0.511 e. The molecule has 1 aliphatic heterocycles. The molecule has 3 heterocycles. The van der Waals surface area contributed by atoms with Gasteiger partial charge in [-0.25, -0.2) is 14.5 Å². The standard InChI is InChI=1S/C16H15N5O4/c22-14-12-7-10(20-5-1-2-6-20)3-4-13(12)18-15(19-14)21-9-11(8-17-21)25-16(23)24/h3-4,7-9H,1-2,5-6H2,(H,23,24)(H,18,19,22). The van der Waals surface area contributed by atoms with Crippen LogP contribution in [0, 0.1) is 0 Å². The van der Waals surface area contributed by atoms with E-state index in [0.717, 1.165) is 31.6 Å². The number of rotatable bonds is 3. The molecule has 0 aliphatic carbocycles. The number of ether oxygens (including phenoxy) is 1. The monoisotopic (exact) mass is 341 g/mol. The van der Waals surface area contributed by atoms with Gasteiger partial charge in [0.15, 0.2) is 5.75 Å². The first-order valence-electron chi connectivity index (χ1n) is 7.85. The summed E-state index contributed by atoms with van der Waals surface area (Å²) < 4.78 is 5.77. The topological polar surface area (TPSA) is 113 Å². The Labute approximate surface area is 141 Å². The zero-order valence-electron chi connectivity index (χ0n) is 13.2. The van der Waals surface area contributed by atoms with Crippen LogP contribution in [0.15, 0.2) is 35.4 Å². The van der Waals surface area contributed by atoms with Gasteiger partial charge < -0.3 is 14.7 Å². The van der Waals surface area contributed by atoms with E-state index >= 15 is 0 Å². The molecule has 9 nitrogen and oxygen atoms in total. The second-order valence-corrected chi connectivity index (χ2v) is 5.77. The summed E-state index contributed by atoms with van der Waals surface area (Å²) in [6, 6.07) is 5.60. The Bertz CT molecular complexity index is 1000. The predicted octanol–water partition coefficient (Wildman–Crippen LogP) is 1.77. The third kappa shape index (κ3) is 2.91. The van der Waals surface area contributed by atoms with E-state index in [2.05, 4.69) is 24.7 Å². The number of carboxylic acid groups (broad SMARTS) is 1. The molecule has 128 valence electrons. The average molecular weight is 341 g/mol. The first-order chi connectivity index (χ1) is 12.1. The summed E-state index contributed by atoms with van der Waals surface area (Å²) in [7, 11) is 0. The summed E-state index contributed by atoms with van der Waals surface area (Å²) in [5.74, 6) is 0.228. The van der Waals surface area contributed by atoms with Crippen molar-refractivity contribution in [2.24, 2.45) is 0 Å². The fourth-order valence-corrected chi connectivity index (χ4v) is 2.97. The van der Waals surface area contributed by atoms with Crippen LogP contribution >= 0.6 is 0 Å². The van der Waals surface area contributed by atoms with E-state index < -0.39 is 6.16 Å². The van der Waals surface area contributed by atoms with Crippen LogP contribution in [0.25, 0.3) is 16.9 Å². The molecule has 0 atom stereocenters. The van der Waals surface area contributed by atoms with Crippen LogP contribution in [-0.2, 0) is 0 Å². The number of aromatic amines is 1. The van der Waals surface area contributed by atoms with Crippen molar-refractivity contribution in [1.29, 1.82) is 0 Å². The summed E-state index contributed by atoms with van der Waals surface area (Å²) >= 11 is 0. The Hall–Kier alpha value is -3.36. The molecule has 1 saturated heterocycles. The number of hydrogen-bond acceptors (Lipinski definition) is 6. The maximum absolute atomic E-state index is 12.4. The number of nitrogens with zero attached hydrogens (tertiary/aromatic N) is 4. The van der Waals surface area contributed by atoms with Gasteiger partial charge in [-0.05, 0) is 31.0 Å². The number of aromatic nitrogens is 4. The highest BCUT2D eigenvalue weighted by molar-refractivity contribution is 5.82. The van der Waals surface area contributed by atoms with Crippen molar-refractivity contribution in [3.8, 4) is 11.7 Å². The van der Waals surface area contributed by atoms with Crippen molar-refractivity contribution in [3.05, 3.63) is 40.9 Å². The number of hydrogen-bond donors (Lipinski definition) is 2. The molecule has 1 fully saturated rings. The van der Waals surface area contributed by atoms with Crippen molar-refractivity contribution in [2.45, 2.75) is 12.8 Å². The Morgan fingerprint density at radius 1 is 1.28 bits per heavy atom. The number of anilines is 1. The van der Waals surface area contributed by atoms with Crippen molar-refractivity contribution < 1.29 is 14.6 Å². The fourth-order valence-electron chi connectivity index (χ4n) is 2.97. The van der Waals surface area contributed by atoms with E-state index in [-0.39, 0.29) is 17.3 Å². The molecule has 25 heavy (non-hydrogen) atoms. The maximum atomic E-state index is 12.4. The van der Waals surface area contributed by atoms with Crippen LogP contribution in [0.2, 0.25) is 0 Å². The number of benzene rings is 1. The van der Waals surface area contributed by atoms with Gasteiger partial charge in [-0.2, -0.15) is 5.10 Å². The highest BCUT2D eigenvalue weighted by Gasteiger charge is 2.14. The molecule has 2 N–H and O–H groups in total. The van der Waals surface area contributed by atoms with Crippen LogP contribution in [-0.4, -0.2) is 44.1 Å². The SMILES string of the molecule is O=C(O)Oc1cnn(-c2nc3ccc(N4CCCC4)cc3c(=O)[nH]2)c1. The van der Waals surface area contributed by atoms with Crippen molar-refractivity contribution in [2.75, 3.05) is 18.0 Å². The fraction of sp³-hybridized carbons (Fsp3) is 0.250. The molecule has 0 saturated carbocycles. The van der Waals surface area contributed by atoms with Gasteiger partial charge in [0.1, 0.15) is 0 Å². The van der Waals surface area contributed by atoms with Gasteiger partial charge in [0.05, 0.1) is 23.3 Å². The van der Waals surface area contributed by atoms with Crippen LogP contribution in [0.1, 0.15) is 12.8 Å². The third-order valence-corrected chi connectivity index (χ3v) is 4.13. The Balaban J connectivity index is 1.72. The van der Waals surface area contributed by atoms with E-state index in [0.29, 0.717) is 10.9 Å². The van der Waals surface area contributed by atoms with E-state index in [1.165, 1.54) is 17.1 Å². The van der Waals surface area contributed by atoms with Crippen LogP contribution in [0.4, 0.5) is 10.5 Å². The second-order valence-electron chi connectivity index (χ2n) is 5.77. The van der Waals surface area contributed by atoms with Gasteiger partial charge in [-0.15, -0.1) is 0 Å². The molecular formula is C16H15N5O4. The van der Waals surface area contributed by atoms with E-state index in [1.807, 2.05) is 12.1 Å². The lowest BCUT2D eigenvalue weighted by Gasteiger charge is -2.17. The van der Waals surface area contributed by atoms with Gasteiger partial charge in [0.25, 0.3) is 5.56 Å². The summed E-state index contributed by atoms with van der Waals surface area (Å²) in [5, 5.41) is 13.1. The molecule has 1 aromatic carbocycles. The third-order valence-electron chi connectivity index (χ3n) is 4.13. The molecular weight excluding hydrogens is 326 g/mol. The second kappa shape index (κ2) is 5.93. The van der Waals surface area contributed by atoms with Crippen molar-refractivity contribution in [3.63, 3.8) is 0 Å². The van der Waals surface area contributed by atoms with Gasteiger partial charge in [0.2, 0.25) is 5.95 Å². The highest BCUT2D eigenvalue weighted by Crippen LogP contribution is 2.23. The lowest BCUT2D eigenvalue weighted by atomic mass is 10.2. The minimum absolute atomic E-state index is 0.0413. The molecule has 0 amide bonds. The van der Waals surface area contributed by atoms with E-state index in [1.54, 1.807) is 6.07 Å². The first-order valence-corrected chi connectivity index (χ1v) is 7.85. The van der Waals surface area contributed by atoms with Crippen molar-refractivity contribution in [1.82, 2.24) is 19.7 Å². The average Bonchev–Trinajstić information content (AvgIpc) is 3.25. The zero-order valence-corrected chi connectivity index (χ0v) is 13.2. The van der Waals surface area contributed by atoms with Crippen LogP contribution in [0.5, 0.6) is 5.75 Å². The Morgan fingerprint density at radius 3 is 2.84 bits per heavy atom. The lowest BCUT2D eigenvalue weighted by molar-refractivity contribution is 0.144. The maximum Gasteiger partial charge on any atom is 0.511 e. The summed E-state index contributed by atoms with van der Waals surface area (Å²) in [6.07, 6.45) is 3.44. The van der Waals surface area contributed by atoms with Gasteiger partial charge in [-0.1, -0.05) is 0 Å². The molecule has 1 aliphatic rings. The number of H-pyrrole nitrogens is 1. The van der Waals surface area contributed by atoms with Crippen LogP contribution in [0.3, 0.4) is 0 Å².